The van der Waals surface area contributed by atoms with E-state index >= 15 is 0 Å². The van der Waals surface area contributed by atoms with E-state index in [1.165, 1.54) is 50.0 Å². The second-order valence-corrected chi connectivity index (χ2v) is 5.35. The Hall–Kier alpha value is -1.09. The summed E-state index contributed by atoms with van der Waals surface area (Å²) in [5.41, 5.74) is 2.69. The number of fused-ring (bicyclic) bond motifs is 1. The SMILES string of the molecule is CN1CCC(c2ccc3c(n2)NCCC3)CC1. The Labute approximate surface area is 103 Å². The first-order chi connectivity index (χ1) is 8.33. The molecule has 1 N–H and O–H groups in total. The molecule has 2 aliphatic rings. The first-order valence-corrected chi connectivity index (χ1v) is 6.75. The van der Waals surface area contributed by atoms with Crippen LogP contribution < -0.4 is 5.32 Å². The monoisotopic (exact) mass is 231 g/mol. The lowest BCUT2D eigenvalue weighted by molar-refractivity contribution is 0.253. The number of aromatic nitrogens is 1. The standard InChI is InChI=1S/C14H21N3/c1-17-9-6-11(7-10-17)13-5-4-12-3-2-8-15-14(12)16-13/h4-5,11H,2-3,6-10H2,1H3,(H,15,16). The molecule has 3 heterocycles. The molecule has 17 heavy (non-hydrogen) atoms. The van der Waals surface area contributed by atoms with Crippen LogP contribution in [-0.4, -0.2) is 36.6 Å². The van der Waals surface area contributed by atoms with E-state index in [-0.39, 0.29) is 0 Å². The van der Waals surface area contributed by atoms with Gasteiger partial charge in [-0.05, 0) is 57.5 Å². The van der Waals surface area contributed by atoms with Gasteiger partial charge in [-0.1, -0.05) is 6.07 Å². The average molecular weight is 231 g/mol. The Morgan fingerprint density at radius 2 is 2.12 bits per heavy atom. The highest BCUT2D eigenvalue weighted by molar-refractivity contribution is 5.47. The number of hydrogen-bond acceptors (Lipinski definition) is 3. The Bertz CT molecular complexity index is 394. The molecule has 0 spiro atoms. The van der Waals surface area contributed by atoms with Gasteiger partial charge in [-0.2, -0.15) is 0 Å². The van der Waals surface area contributed by atoms with Crippen molar-refractivity contribution in [1.82, 2.24) is 9.88 Å². The zero-order valence-corrected chi connectivity index (χ0v) is 10.6. The highest BCUT2D eigenvalue weighted by Crippen LogP contribution is 2.29. The molecule has 92 valence electrons. The summed E-state index contributed by atoms with van der Waals surface area (Å²) >= 11 is 0. The molecule has 0 bridgehead atoms. The topological polar surface area (TPSA) is 28.2 Å². The number of likely N-dealkylation sites (tertiary alicyclic amines) is 1. The maximum Gasteiger partial charge on any atom is 0.129 e. The summed E-state index contributed by atoms with van der Waals surface area (Å²) in [5.74, 6) is 1.81. The third-order valence-electron chi connectivity index (χ3n) is 4.05. The molecule has 0 unspecified atom stereocenters. The van der Waals surface area contributed by atoms with Gasteiger partial charge in [0, 0.05) is 18.2 Å². The van der Waals surface area contributed by atoms with Gasteiger partial charge in [0.15, 0.2) is 0 Å². The third kappa shape index (κ3) is 2.29. The predicted octanol–water partition coefficient (Wildman–Crippen LogP) is 2.25. The number of piperidine rings is 1. The summed E-state index contributed by atoms with van der Waals surface area (Å²) in [4.78, 5) is 7.24. The molecule has 3 nitrogen and oxygen atoms in total. The highest BCUT2D eigenvalue weighted by atomic mass is 15.1. The van der Waals surface area contributed by atoms with Crippen molar-refractivity contribution in [2.24, 2.45) is 0 Å². The van der Waals surface area contributed by atoms with Gasteiger partial charge in [0.2, 0.25) is 0 Å². The average Bonchev–Trinajstić information content (AvgIpc) is 2.39. The van der Waals surface area contributed by atoms with Crippen molar-refractivity contribution in [2.45, 2.75) is 31.6 Å². The number of hydrogen-bond donors (Lipinski definition) is 1. The molecule has 2 aliphatic heterocycles. The van der Waals surface area contributed by atoms with Gasteiger partial charge in [0.1, 0.15) is 5.82 Å². The van der Waals surface area contributed by atoms with Crippen molar-refractivity contribution >= 4 is 5.82 Å². The van der Waals surface area contributed by atoms with E-state index < -0.39 is 0 Å². The second-order valence-electron chi connectivity index (χ2n) is 5.35. The van der Waals surface area contributed by atoms with Crippen LogP contribution in [0.4, 0.5) is 5.82 Å². The summed E-state index contributed by atoms with van der Waals surface area (Å²) < 4.78 is 0. The van der Waals surface area contributed by atoms with Gasteiger partial charge in [-0.25, -0.2) is 4.98 Å². The van der Waals surface area contributed by atoms with Gasteiger partial charge < -0.3 is 10.2 Å². The van der Waals surface area contributed by atoms with Crippen LogP contribution in [-0.2, 0) is 6.42 Å². The molecule has 3 rings (SSSR count). The zero-order chi connectivity index (χ0) is 11.7. The number of pyridine rings is 1. The van der Waals surface area contributed by atoms with E-state index in [0.717, 1.165) is 12.4 Å². The first kappa shape index (κ1) is 11.0. The van der Waals surface area contributed by atoms with Crippen LogP contribution in [0.3, 0.4) is 0 Å². The van der Waals surface area contributed by atoms with E-state index in [1.54, 1.807) is 0 Å². The Kier molecular flexibility index (Phi) is 3.02. The maximum absolute atomic E-state index is 4.83. The van der Waals surface area contributed by atoms with E-state index in [1.807, 2.05) is 0 Å². The molecule has 0 atom stereocenters. The van der Waals surface area contributed by atoms with Gasteiger partial charge in [0.25, 0.3) is 0 Å². The molecular weight excluding hydrogens is 210 g/mol. The van der Waals surface area contributed by atoms with Crippen LogP contribution in [0.15, 0.2) is 12.1 Å². The normalized spacial score (nSPS) is 21.9. The van der Waals surface area contributed by atoms with Crippen LogP contribution in [0.25, 0.3) is 0 Å². The molecular formula is C14H21N3. The molecule has 1 aromatic rings. The van der Waals surface area contributed by atoms with Crippen LogP contribution >= 0.6 is 0 Å². The van der Waals surface area contributed by atoms with E-state index in [0.29, 0.717) is 5.92 Å². The molecule has 1 fully saturated rings. The lowest BCUT2D eigenvalue weighted by atomic mass is 9.92. The lowest BCUT2D eigenvalue weighted by Gasteiger charge is -2.29. The van der Waals surface area contributed by atoms with E-state index in [4.69, 9.17) is 4.98 Å². The highest BCUT2D eigenvalue weighted by Gasteiger charge is 2.20. The van der Waals surface area contributed by atoms with Crippen LogP contribution in [0.5, 0.6) is 0 Å². The summed E-state index contributed by atoms with van der Waals surface area (Å²) in [6.45, 7) is 3.49. The first-order valence-electron chi connectivity index (χ1n) is 6.75. The van der Waals surface area contributed by atoms with Crippen molar-refractivity contribution in [3.63, 3.8) is 0 Å². The summed E-state index contributed by atoms with van der Waals surface area (Å²) in [5, 5.41) is 3.43. The fourth-order valence-electron chi connectivity index (χ4n) is 2.88. The van der Waals surface area contributed by atoms with Crippen molar-refractivity contribution in [3.05, 3.63) is 23.4 Å². The second kappa shape index (κ2) is 4.65. The number of rotatable bonds is 1. The van der Waals surface area contributed by atoms with Gasteiger partial charge in [-0.3, -0.25) is 0 Å². The molecule has 3 heteroatoms. The number of nitrogens with one attached hydrogen (secondary N) is 1. The quantitative estimate of drug-likeness (QED) is 0.803. The Morgan fingerprint density at radius 1 is 1.29 bits per heavy atom. The Balaban J connectivity index is 1.79. The summed E-state index contributed by atoms with van der Waals surface area (Å²) in [7, 11) is 2.21. The molecule has 1 saturated heterocycles. The van der Waals surface area contributed by atoms with Crippen molar-refractivity contribution in [2.75, 3.05) is 32.0 Å². The van der Waals surface area contributed by atoms with Crippen LogP contribution in [0.2, 0.25) is 0 Å². The third-order valence-corrected chi connectivity index (χ3v) is 4.05. The Morgan fingerprint density at radius 3 is 2.94 bits per heavy atom. The van der Waals surface area contributed by atoms with Crippen molar-refractivity contribution in [3.8, 4) is 0 Å². The maximum atomic E-state index is 4.83. The number of nitrogens with zero attached hydrogens (tertiary/aromatic N) is 2. The van der Waals surface area contributed by atoms with Crippen molar-refractivity contribution < 1.29 is 0 Å². The van der Waals surface area contributed by atoms with Crippen molar-refractivity contribution in [1.29, 1.82) is 0 Å². The number of anilines is 1. The minimum Gasteiger partial charge on any atom is -0.370 e. The van der Waals surface area contributed by atoms with E-state index in [9.17, 15) is 0 Å². The summed E-state index contributed by atoms with van der Waals surface area (Å²) in [6, 6.07) is 4.53. The lowest BCUT2D eigenvalue weighted by Crippen LogP contribution is -2.29. The largest absolute Gasteiger partial charge is 0.370 e. The van der Waals surface area contributed by atoms with Gasteiger partial charge in [0.05, 0.1) is 0 Å². The number of aryl methyl sites for hydroxylation is 1. The molecule has 0 aromatic carbocycles. The minimum absolute atomic E-state index is 0.667. The zero-order valence-electron chi connectivity index (χ0n) is 10.6. The minimum atomic E-state index is 0.667. The molecule has 1 aromatic heterocycles. The van der Waals surface area contributed by atoms with Gasteiger partial charge >= 0.3 is 0 Å². The van der Waals surface area contributed by atoms with Crippen LogP contribution in [0, 0.1) is 0 Å². The fourth-order valence-corrected chi connectivity index (χ4v) is 2.88. The predicted molar refractivity (Wildman–Crippen MR) is 70.5 cm³/mol. The molecule has 0 saturated carbocycles. The molecule has 0 amide bonds. The fraction of sp³-hybridized carbons (Fsp3) is 0.643. The molecule has 0 aliphatic carbocycles. The summed E-state index contributed by atoms with van der Waals surface area (Å²) in [6.07, 6.45) is 4.93. The molecule has 0 radical (unpaired) electrons. The van der Waals surface area contributed by atoms with E-state index in [2.05, 4.69) is 29.4 Å². The smallest absolute Gasteiger partial charge is 0.129 e. The van der Waals surface area contributed by atoms with Gasteiger partial charge in [-0.15, -0.1) is 0 Å². The van der Waals surface area contributed by atoms with Crippen LogP contribution in [0.1, 0.15) is 36.4 Å².